The second kappa shape index (κ2) is 9.42. The minimum atomic E-state index is -1.26. The third-order valence-corrected chi connectivity index (χ3v) is 0.657. The van der Waals surface area contributed by atoms with E-state index in [9.17, 15) is 9.59 Å². The Bertz CT molecular complexity index is 165. The largest absolute Gasteiger partial charge is 0.478 e. The van der Waals surface area contributed by atoms with Gasteiger partial charge in [-0.2, -0.15) is 0 Å². The Morgan fingerprint density at radius 3 is 1.58 bits per heavy atom. The first-order valence-electron chi connectivity index (χ1n) is 3.29. The van der Waals surface area contributed by atoms with Gasteiger partial charge in [0.15, 0.2) is 0 Å². The van der Waals surface area contributed by atoms with Crippen LogP contribution in [0, 0.1) is 0 Å². The summed E-state index contributed by atoms with van der Waals surface area (Å²) in [4.78, 5) is 19.1. The molecular formula is C8H12O4. The lowest BCUT2D eigenvalue weighted by Gasteiger charge is -1.74. The number of rotatable bonds is 3. The van der Waals surface area contributed by atoms with Crippen molar-refractivity contribution in [3.8, 4) is 0 Å². The van der Waals surface area contributed by atoms with Gasteiger partial charge in [0, 0.05) is 12.2 Å². The molecule has 0 aromatic rings. The first-order valence-corrected chi connectivity index (χ1v) is 3.29. The standard InChI is InChI=1S/C4H4O4.C4H8/c5-3(6)1-2-4(7)8;1-3-4-2/h1-2H,(H,5,6)(H,7,8);3H,1,4H2,2H3. The minimum Gasteiger partial charge on any atom is -0.478 e. The van der Waals surface area contributed by atoms with Crippen LogP contribution in [0.1, 0.15) is 13.3 Å². The summed E-state index contributed by atoms with van der Waals surface area (Å²) < 4.78 is 0. The van der Waals surface area contributed by atoms with Crippen LogP contribution in [0.4, 0.5) is 0 Å². The molecule has 4 nitrogen and oxygen atoms in total. The molecule has 0 aliphatic carbocycles. The van der Waals surface area contributed by atoms with E-state index in [2.05, 4.69) is 13.5 Å². The summed E-state index contributed by atoms with van der Waals surface area (Å²) in [5.41, 5.74) is 0. The van der Waals surface area contributed by atoms with Gasteiger partial charge in [0.2, 0.25) is 0 Å². The van der Waals surface area contributed by atoms with Crippen LogP contribution in [-0.2, 0) is 9.59 Å². The highest BCUT2D eigenvalue weighted by molar-refractivity contribution is 5.89. The van der Waals surface area contributed by atoms with Crippen LogP contribution in [0.5, 0.6) is 0 Å². The van der Waals surface area contributed by atoms with Gasteiger partial charge in [-0.1, -0.05) is 13.0 Å². The SMILES string of the molecule is C=CCC.O=C(O)C=CC(=O)O. The molecule has 0 saturated carbocycles. The Balaban J connectivity index is 0. The van der Waals surface area contributed by atoms with Crippen LogP contribution in [0.3, 0.4) is 0 Å². The Kier molecular flexibility index (Phi) is 10.2. The number of allylic oxidation sites excluding steroid dienone is 1. The summed E-state index contributed by atoms with van der Waals surface area (Å²) in [5.74, 6) is -2.51. The molecule has 0 bridgehead atoms. The van der Waals surface area contributed by atoms with Crippen molar-refractivity contribution in [3.05, 3.63) is 24.8 Å². The fourth-order valence-electron chi connectivity index (χ4n) is 0.143. The highest BCUT2D eigenvalue weighted by atomic mass is 16.4. The molecule has 0 radical (unpaired) electrons. The van der Waals surface area contributed by atoms with Gasteiger partial charge in [-0.3, -0.25) is 0 Å². The molecule has 0 spiro atoms. The van der Waals surface area contributed by atoms with Gasteiger partial charge in [0.05, 0.1) is 0 Å². The number of aliphatic carboxylic acids is 2. The number of carboxylic acid groups (broad SMARTS) is 2. The van der Waals surface area contributed by atoms with E-state index in [1.54, 1.807) is 0 Å². The molecule has 0 saturated heterocycles. The van der Waals surface area contributed by atoms with Crippen molar-refractivity contribution >= 4 is 11.9 Å². The molecule has 68 valence electrons. The van der Waals surface area contributed by atoms with Gasteiger partial charge in [-0.15, -0.1) is 6.58 Å². The monoisotopic (exact) mass is 172 g/mol. The lowest BCUT2D eigenvalue weighted by Crippen LogP contribution is -1.91. The highest BCUT2D eigenvalue weighted by Crippen LogP contribution is 1.70. The van der Waals surface area contributed by atoms with Crippen molar-refractivity contribution < 1.29 is 19.8 Å². The molecule has 0 rings (SSSR count). The fourth-order valence-corrected chi connectivity index (χ4v) is 0.143. The lowest BCUT2D eigenvalue weighted by atomic mass is 10.5. The molecule has 0 aliphatic rings. The van der Waals surface area contributed by atoms with E-state index in [0.717, 1.165) is 6.42 Å². The maximum absolute atomic E-state index is 9.55. The highest BCUT2D eigenvalue weighted by Gasteiger charge is 1.88. The molecule has 0 amide bonds. The summed E-state index contributed by atoms with van der Waals surface area (Å²) in [6.45, 7) is 5.54. The maximum atomic E-state index is 9.55. The van der Waals surface area contributed by atoms with E-state index >= 15 is 0 Å². The zero-order valence-corrected chi connectivity index (χ0v) is 6.86. The molecule has 12 heavy (non-hydrogen) atoms. The van der Waals surface area contributed by atoms with E-state index in [1.165, 1.54) is 0 Å². The predicted octanol–water partition coefficient (Wildman–Crippen LogP) is 1.29. The molecule has 0 aliphatic heterocycles. The maximum Gasteiger partial charge on any atom is 0.328 e. The molecule has 0 aromatic carbocycles. The van der Waals surface area contributed by atoms with E-state index in [4.69, 9.17) is 10.2 Å². The van der Waals surface area contributed by atoms with Crippen LogP contribution in [0.25, 0.3) is 0 Å². The van der Waals surface area contributed by atoms with Crippen LogP contribution in [0.15, 0.2) is 24.8 Å². The fraction of sp³-hybridized carbons (Fsp3) is 0.250. The quantitative estimate of drug-likeness (QED) is 0.497. The van der Waals surface area contributed by atoms with Crippen LogP contribution >= 0.6 is 0 Å². The van der Waals surface area contributed by atoms with Crippen molar-refractivity contribution in [2.24, 2.45) is 0 Å². The van der Waals surface area contributed by atoms with Crippen molar-refractivity contribution in [2.45, 2.75) is 13.3 Å². The van der Waals surface area contributed by atoms with Gasteiger partial charge in [0.1, 0.15) is 0 Å². The smallest absolute Gasteiger partial charge is 0.328 e. The van der Waals surface area contributed by atoms with Gasteiger partial charge in [-0.05, 0) is 6.42 Å². The summed E-state index contributed by atoms with van der Waals surface area (Å²) in [6.07, 6.45) is 4.07. The first kappa shape index (κ1) is 13.0. The van der Waals surface area contributed by atoms with Crippen LogP contribution in [-0.4, -0.2) is 22.2 Å². The molecular weight excluding hydrogens is 160 g/mol. The molecule has 0 heterocycles. The van der Waals surface area contributed by atoms with Crippen molar-refractivity contribution in [1.82, 2.24) is 0 Å². The summed E-state index contributed by atoms with van der Waals surface area (Å²) >= 11 is 0. The van der Waals surface area contributed by atoms with Gasteiger partial charge < -0.3 is 10.2 Å². The Labute approximate surface area is 70.8 Å². The lowest BCUT2D eigenvalue weighted by molar-refractivity contribution is -0.134. The summed E-state index contributed by atoms with van der Waals surface area (Å²) in [6, 6.07) is 0. The van der Waals surface area contributed by atoms with E-state index in [0.29, 0.717) is 12.2 Å². The van der Waals surface area contributed by atoms with Gasteiger partial charge in [0.25, 0.3) is 0 Å². The third kappa shape index (κ3) is 23.7. The second-order valence-corrected chi connectivity index (χ2v) is 1.71. The molecule has 4 heteroatoms. The Hall–Kier alpha value is -1.58. The van der Waals surface area contributed by atoms with Crippen molar-refractivity contribution in [3.63, 3.8) is 0 Å². The zero-order chi connectivity index (χ0) is 9.98. The molecule has 0 aromatic heterocycles. The van der Waals surface area contributed by atoms with Crippen LogP contribution < -0.4 is 0 Å². The minimum absolute atomic E-state index is 0.558. The van der Waals surface area contributed by atoms with Crippen molar-refractivity contribution in [1.29, 1.82) is 0 Å². The first-order chi connectivity index (χ1) is 5.54. The van der Waals surface area contributed by atoms with Crippen LogP contribution in [0.2, 0.25) is 0 Å². The van der Waals surface area contributed by atoms with Gasteiger partial charge in [-0.25, -0.2) is 9.59 Å². The number of carbonyl (C=O) groups is 2. The van der Waals surface area contributed by atoms with E-state index in [1.807, 2.05) is 6.08 Å². The normalized spacial score (nSPS) is 8.42. The zero-order valence-electron chi connectivity index (χ0n) is 6.86. The van der Waals surface area contributed by atoms with Crippen molar-refractivity contribution in [2.75, 3.05) is 0 Å². The van der Waals surface area contributed by atoms with E-state index < -0.39 is 11.9 Å². The molecule has 2 N–H and O–H groups in total. The summed E-state index contributed by atoms with van der Waals surface area (Å²) in [7, 11) is 0. The average Bonchev–Trinajstić information content (AvgIpc) is 2.01. The molecule has 0 unspecified atom stereocenters. The predicted molar refractivity (Wildman–Crippen MR) is 44.9 cm³/mol. The molecule has 0 atom stereocenters. The Morgan fingerprint density at radius 2 is 1.50 bits per heavy atom. The topological polar surface area (TPSA) is 74.6 Å². The second-order valence-electron chi connectivity index (χ2n) is 1.71. The average molecular weight is 172 g/mol. The van der Waals surface area contributed by atoms with E-state index in [-0.39, 0.29) is 0 Å². The molecule has 0 fully saturated rings. The number of hydrogen-bond donors (Lipinski definition) is 2. The third-order valence-electron chi connectivity index (χ3n) is 0.657. The summed E-state index contributed by atoms with van der Waals surface area (Å²) in [5, 5.41) is 15.6. The number of carboxylic acids is 2. The Morgan fingerprint density at radius 1 is 1.25 bits per heavy atom. The van der Waals surface area contributed by atoms with Gasteiger partial charge >= 0.3 is 11.9 Å². The number of hydrogen-bond acceptors (Lipinski definition) is 2.